The number of benzene rings is 1. The van der Waals surface area contributed by atoms with Gasteiger partial charge in [0.25, 0.3) is 0 Å². The predicted molar refractivity (Wildman–Crippen MR) is 76.0 cm³/mol. The van der Waals surface area contributed by atoms with E-state index in [0.717, 1.165) is 6.07 Å². The van der Waals surface area contributed by atoms with Crippen molar-refractivity contribution in [1.29, 1.82) is 0 Å². The molecule has 0 spiro atoms. The van der Waals surface area contributed by atoms with Crippen LogP contribution >= 0.6 is 15.9 Å². The van der Waals surface area contributed by atoms with Gasteiger partial charge in [0, 0.05) is 12.6 Å². The normalized spacial score (nSPS) is 15.0. The summed E-state index contributed by atoms with van der Waals surface area (Å²) in [4.78, 5) is 13.4. The number of fused-ring (bicyclic) bond motifs is 1. The third-order valence-electron chi connectivity index (χ3n) is 2.93. The lowest BCUT2D eigenvalue weighted by Gasteiger charge is -2.32. The Hall–Kier alpha value is -1.17. The fourth-order valence-corrected chi connectivity index (χ4v) is 2.68. The van der Waals surface area contributed by atoms with E-state index in [-0.39, 0.29) is 10.2 Å². The largest absolute Gasteiger partial charge is 0.443 e. The smallest absolute Gasteiger partial charge is 0.414 e. The van der Waals surface area contributed by atoms with Gasteiger partial charge in [0.05, 0.1) is 10.2 Å². The summed E-state index contributed by atoms with van der Waals surface area (Å²) in [6.45, 7) is 5.59. The van der Waals surface area contributed by atoms with Crippen LogP contribution in [0, 0.1) is 11.6 Å². The molecule has 1 aromatic carbocycles. The highest BCUT2D eigenvalue weighted by Crippen LogP contribution is 2.37. The van der Waals surface area contributed by atoms with Crippen molar-refractivity contribution in [3.63, 3.8) is 0 Å². The van der Waals surface area contributed by atoms with E-state index in [1.807, 2.05) is 0 Å². The van der Waals surface area contributed by atoms with E-state index < -0.39 is 23.3 Å². The van der Waals surface area contributed by atoms with Crippen LogP contribution in [0.2, 0.25) is 0 Å². The number of hydrogen-bond acceptors (Lipinski definition) is 2. The highest BCUT2D eigenvalue weighted by molar-refractivity contribution is 9.10. The number of nitrogens with zero attached hydrogens (tertiary/aromatic N) is 1. The topological polar surface area (TPSA) is 29.5 Å². The van der Waals surface area contributed by atoms with E-state index in [9.17, 15) is 13.6 Å². The Balaban J connectivity index is 2.43. The highest BCUT2D eigenvalue weighted by Gasteiger charge is 2.31. The van der Waals surface area contributed by atoms with Crippen LogP contribution in [-0.2, 0) is 11.2 Å². The van der Waals surface area contributed by atoms with Gasteiger partial charge >= 0.3 is 6.09 Å². The van der Waals surface area contributed by atoms with Crippen LogP contribution in [0.15, 0.2) is 10.5 Å². The SMILES string of the molecule is CC(C)(C)OC(=O)N1CCCc2c(Br)c(F)cc(F)c21. The van der Waals surface area contributed by atoms with Gasteiger partial charge in [-0.3, -0.25) is 4.90 Å². The average molecular weight is 348 g/mol. The summed E-state index contributed by atoms with van der Waals surface area (Å²) in [7, 11) is 0. The van der Waals surface area contributed by atoms with Crippen molar-refractivity contribution < 1.29 is 18.3 Å². The first-order valence-corrected chi connectivity index (χ1v) is 7.17. The maximum atomic E-state index is 14.0. The average Bonchev–Trinajstić information content (AvgIpc) is 2.33. The minimum absolute atomic E-state index is 0.110. The summed E-state index contributed by atoms with van der Waals surface area (Å²) >= 11 is 3.12. The molecular weight excluding hydrogens is 332 g/mol. The number of amides is 1. The van der Waals surface area contributed by atoms with Gasteiger partial charge in [-0.25, -0.2) is 13.6 Å². The second-order valence-corrected chi connectivity index (χ2v) is 6.51. The molecular formula is C14H16BrF2NO2. The zero-order valence-corrected chi connectivity index (χ0v) is 13.2. The molecule has 0 fully saturated rings. The van der Waals surface area contributed by atoms with Crippen molar-refractivity contribution in [3.05, 3.63) is 27.7 Å². The Morgan fingerprint density at radius 2 is 2.00 bits per heavy atom. The van der Waals surface area contributed by atoms with Crippen LogP contribution in [0.4, 0.5) is 19.3 Å². The Bertz CT molecular complexity index is 555. The Kier molecular flexibility index (Phi) is 4.04. The Morgan fingerprint density at radius 1 is 1.35 bits per heavy atom. The fraction of sp³-hybridized carbons (Fsp3) is 0.500. The Morgan fingerprint density at radius 3 is 2.60 bits per heavy atom. The number of ether oxygens (including phenoxy) is 1. The van der Waals surface area contributed by atoms with Gasteiger partial charge in [0.15, 0.2) is 0 Å². The van der Waals surface area contributed by atoms with Gasteiger partial charge in [-0.2, -0.15) is 0 Å². The monoisotopic (exact) mass is 347 g/mol. The molecule has 1 aliphatic heterocycles. The molecule has 0 aromatic heterocycles. The summed E-state index contributed by atoms with van der Waals surface area (Å²) < 4.78 is 33.1. The molecule has 1 amide bonds. The standard InChI is InChI=1S/C14H16BrF2NO2/c1-14(2,3)20-13(19)18-6-4-5-8-11(15)9(16)7-10(17)12(8)18/h7H,4-6H2,1-3H3. The molecule has 1 heterocycles. The molecule has 0 unspecified atom stereocenters. The third kappa shape index (κ3) is 2.95. The Labute approximate surface area is 125 Å². The summed E-state index contributed by atoms with van der Waals surface area (Å²) in [5.74, 6) is -1.40. The first-order chi connectivity index (χ1) is 9.20. The van der Waals surface area contributed by atoms with Crippen molar-refractivity contribution in [3.8, 4) is 0 Å². The van der Waals surface area contributed by atoms with Crippen LogP contribution in [-0.4, -0.2) is 18.2 Å². The van der Waals surface area contributed by atoms with Crippen molar-refractivity contribution >= 4 is 27.7 Å². The van der Waals surface area contributed by atoms with Gasteiger partial charge in [0.1, 0.15) is 17.2 Å². The predicted octanol–water partition coefficient (Wildman–Crippen LogP) is 4.42. The quantitative estimate of drug-likeness (QED) is 0.650. The van der Waals surface area contributed by atoms with Gasteiger partial charge in [-0.05, 0) is 55.1 Å². The van der Waals surface area contributed by atoms with E-state index in [0.29, 0.717) is 24.9 Å². The minimum Gasteiger partial charge on any atom is -0.443 e. The molecule has 0 saturated heterocycles. The lowest BCUT2D eigenvalue weighted by molar-refractivity contribution is 0.0576. The summed E-state index contributed by atoms with van der Waals surface area (Å²) in [5.41, 5.74) is -0.0824. The molecule has 3 nitrogen and oxygen atoms in total. The first-order valence-electron chi connectivity index (χ1n) is 6.37. The van der Waals surface area contributed by atoms with Crippen molar-refractivity contribution in [2.75, 3.05) is 11.4 Å². The van der Waals surface area contributed by atoms with Gasteiger partial charge < -0.3 is 4.74 Å². The molecule has 110 valence electrons. The van der Waals surface area contributed by atoms with Crippen LogP contribution in [0.25, 0.3) is 0 Å². The number of hydrogen-bond donors (Lipinski definition) is 0. The van der Waals surface area contributed by atoms with Crippen LogP contribution in [0.1, 0.15) is 32.8 Å². The lowest BCUT2D eigenvalue weighted by Crippen LogP contribution is -2.40. The summed E-state index contributed by atoms with van der Waals surface area (Å²) in [6.07, 6.45) is 0.535. The number of rotatable bonds is 0. The highest BCUT2D eigenvalue weighted by atomic mass is 79.9. The molecule has 0 N–H and O–H groups in total. The van der Waals surface area contributed by atoms with E-state index in [1.54, 1.807) is 20.8 Å². The van der Waals surface area contributed by atoms with Gasteiger partial charge in [0.2, 0.25) is 0 Å². The number of carbonyl (C=O) groups excluding carboxylic acids is 1. The second kappa shape index (κ2) is 5.31. The maximum Gasteiger partial charge on any atom is 0.414 e. The molecule has 0 saturated carbocycles. The van der Waals surface area contributed by atoms with Gasteiger partial charge in [-0.15, -0.1) is 0 Å². The zero-order chi connectivity index (χ0) is 15.1. The number of anilines is 1. The molecule has 0 bridgehead atoms. The van der Waals surface area contributed by atoms with E-state index in [4.69, 9.17) is 4.74 Å². The lowest BCUT2D eigenvalue weighted by atomic mass is 10.0. The molecule has 1 aliphatic rings. The molecule has 2 rings (SSSR count). The van der Waals surface area contributed by atoms with Crippen LogP contribution in [0.5, 0.6) is 0 Å². The number of carbonyl (C=O) groups is 1. The molecule has 1 aromatic rings. The minimum atomic E-state index is -0.744. The molecule has 20 heavy (non-hydrogen) atoms. The molecule has 6 heteroatoms. The zero-order valence-electron chi connectivity index (χ0n) is 11.6. The number of halogens is 3. The molecule has 0 radical (unpaired) electrons. The van der Waals surface area contributed by atoms with E-state index >= 15 is 0 Å². The fourth-order valence-electron chi connectivity index (χ4n) is 2.18. The van der Waals surface area contributed by atoms with Crippen molar-refractivity contribution in [2.45, 2.75) is 39.2 Å². The third-order valence-corrected chi connectivity index (χ3v) is 3.79. The van der Waals surface area contributed by atoms with Crippen molar-refractivity contribution in [2.24, 2.45) is 0 Å². The molecule has 0 atom stereocenters. The van der Waals surface area contributed by atoms with Crippen LogP contribution < -0.4 is 4.90 Å². The first kappa shape index (κ1) is 15.2. The van der Waals surface area contributed by atoms with Crippen LogP contribution in [0.3, 0.4) is 0 Å². The second-order valence-electron chi connectivity index (χ2n) is 5.72. The summed E-state index contributed by atoms with van der Waals surface area (Å²) in [6, 6.07) is 0.783. The maximum absolute atomic E-state index is 14.0. The molecule has 0 aliphatic carbocycles. The summed E-state index contributed by atoms with van der Waals surface area (Å²) in [5, 5.41) is 0. The van der Waals surface area contributed by atoms with E-state index in [2.05, 4.69) is 15.9 Å². The van der Waals surface area contributed by atoms with E-state index in [1.165, 1.54) is 4.90 Å². The van der Waals surface area contributed by atoms with Gasteiger partial charge in [-0.1, -0.05) is 0 Å². The van der Waals surface area contributed by atoms with Crippen molar-refractivity contribution in [1.82, 2.24) is 0 Å².